The summed E-state index contributed by atoms with van der Waals surface area (Å²) in [7, 11) is 1.25. The Bertz CT molecular complexity index is 798. The summed E-state index contributed by atoms with van der Waals surface area (Å²) in [6, 6.07) is 11.7. The number of carbonyl (C=O) groups is 1. The molecule has 24 heavy (non-hydrogen) atoms. The number of hydrogen-bond acceptors (Lipinski definition) is 5. The van der Waals surface area contributed by atoms with Gasteiger partial charge < -0.3 is 10.5 Å². The number of ether oxygens (including phenoxy) is 1. The minimum absolute atomic E-state index is 0.0862. The first-order valence-corrected chi connectivity index (χ1v) is 7.77. The maximum atomic E-state index is 12.0. The van der Waals surface area contributed by atoms with Gasteiger partial charge in [-0.2, -0.15) is 0 Å². The van der Waals surface area contributed by atoms with Crippen molar-refractivity contribution in [2.24, 2.45) is 16.0 Å². The third-order valence-corrected chi connectivity index (χ3v) is 3.74. The van der Waals surface area contributed by atoms with E-state index in [-0.39, 0.29) is 27.1 Å². The molecule has 2 aromatic rings. The summed E-state index contributed by atoms with van der Waals surface area (Å²) in [5.41, 5.74) is 6.74. The molecule has 0 aromatic heterocycles. The lowest BCUT2D eigenvalue weighted by molar-refractivity contribution is -0.133. The summed E-state index contributed by atoms with van der Waals surface area (Å²) in [5, 5.41) is 8.57. The van der Waals surface area contributed by atoms with Crippen molar-refractivity contribution in [2.45, 2.75) is 0 Å². The van der Waals surface area contributed by atoms with Crippen LogP contribution in [-0.2, 0) is 9.53 Å². The van der Waals surface area contributed by atoms with E-state index >= 15 is 0 Å². The van der Waals surface area contributed by atoms with Crippen LogP contribution in [0.1, 0.15) is 5.56 Å². The fraction of sp³-hybridized carbons (Fsp3) is 0.0625. The van der Waals surface area contributed by atoms with E-state index < -0.39 is 5.97 Å². The van der Waals surface area contributed by atoms with Gasteiger partial charge in [0.05, 0.1) is 17.2 Å². The van der Waals surface area contributed by atoms with Gasteiger partial charge in [0.15, 0.2) is 5.82 Å². The normalized spacial score (nSPS) is 12.2. The SMILES string of the molecule is COC(=O)/C(=C(\N)N=Nc1c(Cl)cc(Cl)cc1Cl)c1ccccc1. The maximum Gasteiger partial charge on any atom is 0.342 e. The molecule has 5 nitrogen and oxygen atoms in total. The van der Waals surface area contributed by atoms with Crippen molar-refractivity contribution in [3.63, 3.8) is 0 Å². The van der Waals surface area contributed by atoms with Gasteiger partial charge in [-0.25, -0.2) is 4.79 Å². The second-order valence-corrected chi connectivity index (χ2v) is 5.79. The molecule has 2 N–H and O–H groups in total. The predicted octanol–water partition coefficient (Wildman–Crippen LogP) is 5.23. The molecule has 0 aliphatic rings. The average Bonchev–Trinajstić information content (AvgIpc) is 2.54. The van der Waals surface area contributed by atoms with Crippen LogP contribution in [0.4, 0.5) is 5.69 Å². The molecule has 0 amide bonds. The van der Waals surface area contributed by atoms with Crippen LogP contribution in [0.15, 0.2) is 58.5 Å². The first-order chi connectivity index (χ1) is 11.4. The van der Waals surface area contributed by atoms with Crippen LogP contribution in [0.2, 0.25) is 15.1 Å². The molecule has 0 atom stereocenters. The summed E-state index contributed by atoms with van der Waals surface area (Å²) in [5.74, 6) is -0.763. The zero-order valence-electron chi connectivity index (χ0n) is 12.5. The monoisotopic (exact) mass is 383 g/mol. The molecule has 124 valence electrons. The molecule has 0 saturated carbocycles. The molecule has 0 bridgehead atoms. The van der Waals surface area contributed by atoms with Crippen molar-refractivity contribution in [3.8, 4) is 0 Å². The number of halogens is 3. The number of nitrogens with two attached hydrogens (primary N) is 1. The number of benzene rings is 2. The van der Waals surface area contributed by atoms with Gasteiger partial charge in [0, 0.05) is 5.02 Å². The molecule has 8 heteroatoms. The highest BCUT2D eigenvalue weighted by Crippen LogP contribution is 2.36. The number of methoxy groups -OCH3 is 1. The Balaban J connectivity index is 2.48. The Morgan fingerprint density at radius 1 is 1.08 bits per heavy atom. The first kappa shape index (κ1) is 18.3. The van der Waals surface area contributed by atoms with Crippen LogP contribution in [0.3, 0.4) is 0 Å². The predicted molar refractivity (Wildman–Crippen MR) is 95.6 cm³/mol. The molecule has 0 radical (unpaired) electrons. The van der Waals surface area contributed by atoms with Crippen molar-refractivity contribution >= 4 is 52.0 Å². The molecule has 0 aliphatic heterocycles. The third kappa shape index (κ3) is 4.26. The minimum atomic E-state index is -0.633. The Hall–Kier alpha value is -2.08. The molecule has 0 aliphatic carbocycles. The quantitative estimate of drug-likeness (QED) is 0.445. The largest absolute Gasteiger partial charge is 0.465 e. The van der Waals surface area contributed by atoms with E-state index in [1.807, 2.05) is 6.07 Å². The second kappa shape index (κ2) is 8.15. The van der Waals surface area contributed by atoms with E-state index in [0.29, 0.717) is 10.6 Å². The zero-order chi connectivity index (χ0) is 17.7. The van der Waals surface area contributed by atoms with Gasteiger partial charge in [-0.15, -0.1) is 10.2 Å². The van der Waals surface area contributed by atoms with E-state index in [0.717, 1.165) is 0 Å². The lowest BCUT2D eigenvalue weighted by Crippen LogP contribution is -2.10. The van der Waals surface area contributed by atoms with Gasteiger partial charge in [0.1, 0.15) is 11.3 Å². The van der Waals surface area contributed by atoms with Gasteiger partial charge in [-0.3, -0.25) is 0 Å². The van der Waals surface area contributed by atoms with E-state index in [1.54, 1.807) is 24.3 Å². The number of hydrogen-bond donors (Lipinski definition) is 1. The summed E-state index contributed by atoms with van der Waals surface area (Å²) in [4.78, 5) is 12.0. The van der Waals surface area contributed by atoms with E-state index in [2.05, 4.69) is 10.2 Å². The fourth-order valence-electron chi connectivity index (χ4n) is 1.86. The van der Waals surface area contributed by atoms with Gasteiger partial charge in [0.2, 0.25) is 0 Å². The molecule has 0 heterocycles. The molecule has 2 rings (SSSR count). The van der Waals surface area contributed by atoms with Crippen molar-refractivity contribution in [3.05, 3.63) is 68.9 Å². The second-order valence-electron chi connectivity index (χ2n) is 4.54. The van der Waals surface area contributed by atoms with Gasteiger partial charge >= 0.3 is 5.97 Å². The number of nitrogens with zero attached hydrogens (tertiary/aromatic N) is 2. The highest BCUT2D eigenvalue weighted by molar-refractivity contribution is 6.41. The molecular weight excluding hydrogens is 373 g/mol. The molecular formula is C16H12Cl3N3O2. The van der Waals surface area contributed by atoms with Crippen LogP contribution in [0.25, 0.3) is 5.57 Å². The van der Waals surface area contributed by atoms with Crippen molar-refractivity contribution < 1.29 is 9.53 Å². The van der Waals surface area contributed by atoms with Crippen molar-refractivity contribution in [1.82, 2.24) is 0 Å². The van der Waals surface area contributed by atoms with E-state index in [1.165, 1.54) is 19.2 Å². The maximum absolute atomic E-state index is 12.0. The van der Waals surface area contributed by atoms with Crippen LogP contribution in [-0.4, -0.2) is 13.1 Å². The summed E-state index contributed by atoms with van der Waals surface area (Å²) < 4.78 is 4.76. The lowest BCUT2D eigenvalue weighted by atomic mass is 10.1. The number of esters is 1. The number of azo groups is 1. The van der Waals surface area contributed by atoms with Crippen LogP contribution in [0.5, 0.6) is 0 Å². The average molecular weight is 385 g/mol. The summed E-state index contributed by atoms with van der Waals surface area (Å²) >= 11 is 17.9. The third-order valence-electron chi connectivity index (χ3n) is 2.95. The molecule has 0 unspecified atom stereocenters. The van der Waals surface area contributed by atoms with Gasteiger partial charge in [-0.1, -0.05) is 65.1 Å². The highest BCUT2D eigenvalue weighted by atomic mass is 35.5. The highest BCUT2D eigenvalue weighted by Gasteiger charge is 2.17. The number of carbonyl (C=O) groups excluding carboxylic acids is 1. The zero-order valence-corrected chi connectivity index (χ0v) is 14.7. The van der Waals surface area contributed by atoms with Crippen molar-refractivity contribution in [2.75, 3.05) is 7.11 Å². The van der Waals surface area contributed by atoms with E-state index in [4.69, 9.17) is 45.3 Å². The van der Waals surface area contributed by atoms with Gasteiger partial charge in [-0.05, 0) is 17.7 Å². The smallest absolute Gasteiger partial charge is 0.342 e. The molecule has 0 spiro atoms. The van der Waals surface area contributed by atoms with Gasteiger partial charge in [0.25, 0.3) is 0 Å². The standard InChI is InChI=1S/C16H12Cl3N3O2/c1-24-16(23)13(9-5-3-2-4-6-9)15(20)22-21-14-11(18)7-10(17)8-12(14)19/h2-8H,20H2,1H3/b15-13+,22-21?. The van der Waals surface area contributed by atoms with Crippen LogP contribution < -0.4 is 5.73 Å². The summed E-state index contributed by atoms with van der Waals surface area (Å²) in [6.07, 6.45) is 0. The fourth-order valence-corrected chi connectivity index (χ4v) is 2.75. The van der Waals surface area contributed by atoms with E-state index in [9.17, 15) is 4.79 Å². The molecule has 0 fully saturated rings. The summed E-state index contributed by atoms with van der Waals surface area (Å²) in [6.45, 7) is 0. The first-order valence-electron chi connectivity index (χ1n) is 6.63. The lowest BCUT2D eigenvalue weighted by Gasteiger charge is -2.07. The molecule has 0 saturated heterocycles. The van der Waals surface area contributed by atoms with Crippen LogP contribution >= 0.6 is 34.8 Å². The van der Waals surface area contributed by atoms with Crippen LogP contribution in [0, 0.1) is 0 Å². The topological polar surface area (TPSA) is 77.0 Å². The van der Waals surface area contributed by atoms with Crippen molar-refractivity contribution in [1.29, 1.82) is 0 Å². The Kier molecular flexibility index (Phi) is 6.20. The minimum Gasteiger partial charge on any atom is -0.465 e. The Morgan fingerprint density at radius 3 is 2.21 bits per heavy atom. The number of rotatable bonds is 4. The Labute approximate surface area is 153 Å². The Morgan fingerprint density at radius 2 is 1.67 bits per heavy atom. The molecule has 2 aromatic carbocycles.